The molecule has 0 radical (unpaired) electrons. The lowest BCUT2D eigenvalue weighted by Crippen LogP contribution is -2.29. The number of anilines is 1. The molecule has 0 saturated heterocycles. The molecule has 0 aliphatic heterocycles. The fraction of sp³-hybridized carbons (Fsp3) is 0.478. The average Bonchev–Trinajstić information content (AvgIpc) is 3.34. The van der Waals surface area contributed by atoms with E-state index in [4.69, 9.17) is 15.2 Å². The molecule has 196 valence electrons. The fourth-order valence-electron chi connectivity index (χ4n) is 3.18. The smallest absolute Gasteiger partial charge is 0.245 e. The van der Waals surface area contributed by atoms with Crippen molar-refractivity contribution in [3.8, 4) is 5.88 Å². The van der Waals surface area contributed by atoms with E-state index in [-0.39, 0.29) is 11.9 Å². The summed E-state index contributed by atoms with van der Waals surface area (Å²) in [6.45, 7) is 2.21. The molecule has 1 unspecified atom stereocenters. The lowest BCUT2D eigenvalue weighted by atomic mass is 10.1. The van der Waals surface area contributed by atoms with Crippen LogP contribution in [0.5, 0.6) is 5.88 Å². The Kier molecular flexibility index (Phi) is 12.1. The Morgan fingerprint density at radius 2 is 1.97 bits per heavy atom. The Morgan fingerprint density at radius 3 is 2.78 bits per heavy atom. The van der Waals surface area contributed by atoms with Crippen LogP contribution in [0.1, 0.15) is 30.4 Å². The Bertz CT molecular complexity index is 1070. The number of benzene rings is 1. The van der Waals surface area contributed by atoms with E-state index >= 15 is 0 Å². The highest BCUT2D eigenvalue weighted by molar-refractivity contribution is 8.76. The van der Waals surface area contributed by atoms with Crippen LogP contribution in [0, 0.1) is 0 Å². The molecule has 0 aliphatic rings. The summed E-state index contributed by atoms with van der Waals surface area (Å²) in [5, 5.41) is 16.2. The van der Waals surface area contributed by atoms with Gasteiger partial charge >= 0.3 is 0 Å². The van der Waals surface area contributed by atoms with Gasteiger partial charge in [0.25, 0.3) is 0 Å². The maximum absolute atomic E-state index is 11.9. The molecule has 36 heavy (non-hydrogen) atoms. The van der Waals surface area contributed by atoms with Crippen LogP contribution >= 0.6 is 21.6 Å². The van der Waals surface area contributed by atoms with Gasteiger partial charge in [-0.15, -0.1) is 0 Å². The number of carbonyl (C=O) groups is 1. The van der Waals surface area contributed by atoms with Gasteiger partial charge in [0.05, 0.1) is 12.9 Å². The second-order valence-electron chi connectivity index (χ2n) is 7.87. The lowest BCUT2D eigenvalue weighted by molar-refractivity contribution is -0.121. The first-order chi connectivity index (χ1) is 17.5. The predicted octanol–water partition coefficient (Wildman–Crippen LogP) is 2.24. The summed E-state index contributed by atoms with van der Waals surface area (Å²) < 4.78 is 10.8. The zero-order valence-electron chi connectivity index (χ0n) is 20.2. The van der Waals surface area contributed by atoms with Crippen molar-refractivity contribution in [3.05, 3.63) is 41.7 Å². The maximum atomic E-state index is 11.9. The molecule has 1 aromatic carbocycles. The molecule has 0 saturated carbocycles. The molecule has 0 bridgehead atoms. The van der Waals surface area contributed by atoms with Gasteiger partial charge in [-0.1, -0.05) is 45.9 Å². The lowest BCUT2D eigenvalue weighted by Gasteiger charge is -2.13. The molecule has 2 heterocycles. The predicted molar refractivity (Wildman–Crippen MR) is 143 cm³/mol. The number of fused-ring (bicyclic) bond motifs is 1. The average molecular weight is 536 g/mol. The first-order valence-corrected chi connectivity index (χ1v) is 14.1. The molecular formula is C23H33N7O4S2. The number of nitrogens with two attached hydrogens (primary N) is 1. The van der Waals surface area contributed by atoms with Crippen LogP contribution in [-0.4, -0.2) is 68.9 Å². The van der Waals surface area contributed by atoms with Crippen LogP contribution in [0.25, 0.3) is 11.2 Å². The summed E-state index contributed by atoms with van der Waals surface area (Å²) in [7, 11) is 5.15. The molecule has 13 heteroatoms. The van der Waals surface area contributed by atoms with Gasteiger partial charge in [-0.05, 0) is 24.0 Å². The van der Waals surface area contributed by atoms with E-state index in [0.29, 0.717) is 56.0 Å². The molecule has 1 amide bonds. The number of amides is 1. The van der Waals surface area contributed by atoms with Crippen molar-refractivity contribution in [1.29, 1.82) is 0 Å². The van der Waals surface area contributed by atoms with E-state index in [9.17, 15) is 9.90 Å². The SMILES string of the molecule is COCCSSCCNC(=O)CCCC(O)NCc1ccc(COc2nc(N)nc3nc[nH]c23)cc1. The Balaban J connectivity index is 1.28. The zero-order valence-corrected chi connectivity index (χ0v) is 21.9. The van der Waals surface area contributed by atoms with E-state index < -0.39 is 6.23 Å². The summed E-state index contributed by atoms with van der Waals surface area (Å²) in [6, 6.07) is 7.85. The molecule has 1 atom stereocenters. The van der Waals surface area contributed by atoms with Crippen molar-refractivity contribution in [2.75, 3.05) is 37.5 Å². The molecule has 2 aromatic heterocycles. The number of ether oxygens (including phenoxy) is 2. The number of nitrogens with zero attached hydrogens (tertiary/aromatic N) is 3. The zero-order chi connectivity index (χ0) is 25.6. The summed E-state index contributed by atoms with van der Waals surface area (Å²) in [5.74, 6) is 2.27. The number of aromatic amines is 1. The minimum Gasteiger partial charge on any atom is -0.471 e. The van der Waals surface area contributed by atoms with Gasteiger partial charge in [-0.3, -0.25) is 10.1 Å². The normalized spacial score (nSPS) is 12.1. The molecular weight excluding hydrogens is 502 g/mol. The molecule has 11 nitrogen and oxygen atoms in total. The second-order valence-corrected chi connectivity index (χ2v) is 10.6. The van der Waals surface area contributed by atoms with Gasteiger partial charge in [-0.25, -0.2) is 4.98 Å². The second kappa shape index (κ2) is 15.5. The highest BCUT2D eigenvalue weighted by Gasteiger charge is 2.10. The van der Waals surface area contributed by atoms with Crippen molar-refractivity contribution in [2.45, 2.75) is 38.6 Å². The van der Waals surface area contributed by atoms with Crippen LogP contribution < -0.4 is 21.1 Å². The number of aromatic nitrogens is 4. The van der Waals surface area contributed by atoms with Crippen LogP contribution in [0.3, 0.4) is 0 Å². The Morgan fingerprint density at radius 1 is 1.19 bits per heavy atom. The minimum atomic E-state index is -0.673. The summed E-state index contributed by atoms with van der Waals surface area (Å²) in [5.41, 5.74) is 8.76. The van der Waals surface area contributed by atoms with Crippen molar-refractivity contribution in [3.63, 3.8) is 0 Å². The third-order valence-electron chi connectivity index (χ3n) is 5.05. The molecule has 0 spiro atoms. The first-order valence-electron chi connectivity index (χ1n) is 11.6. The maximum Gasteiger partial charge on any atom is 0.245 e. The number of aliphatic hydroxyl groups is 1. The van der Waals surface area contributed by atoms with Gasteiger partial charge in [0, 0.05) is 38.1 Å². The molecule has 3 rings (SSSR count). The van der Waals surface area contributed by atoms with Crippen molar-refractivity contribution in [2.24, 2.45) is 0 Å². The molecule has 3 aromatic rings. The highest BCUT2D eigenvalue weighted by Crippen LogP contribution is 2.21. The van der Waals surface area contributed by atoms with Gasteiger partial charge in [-0.2, -0.15) is 9.97 Å². The first kappa shape index (κ1) is 28.0. The van der Waals surface area contributed by atoms with Crippen LogP contribution in [0.15, 0.2) is 30.6 Å². The van der Waals surface area contributed by atoms with Gasteiger partial charge in [0.1, 0.15) is 18.4 Å². The summed E-state index contributed by atoms with van der Waals surface area (Å²) in [6.07, 6.45) is 2.36. The summed E-state index contributed by atoms with van der Waals surface area (Å²) >= 11 is 0. The van der Waals surface area contributed by atoms with E-state index in [1.54, 1.807) is 28.7 Å². The molecule has 6 N–H and O–H groups in total. The van der Waals surface area contributed by atoms with Crippen molar-refractivity contribution >= 4 is 44.6 Å². The van der Waals surface area contributed by atoms with E-state index in [1.165, 1.54) is 6.33 Å². The Hall–Kier alpha value is -2.58. The highest BCUT2D eigenvalue weighted by atomic mass is 33.1. The van der Waals surface area contributed by atoms with E-state index in [2.05, 4.69) is 30.6 Å². The number of nitrogens with one attached hydrogen (secondary N) is 3. The number of aliphatic hydroxyl groups excluding tert-OH is 1. The largest absolute Gasteiger partial charge is 0.471 e. The van der Waals surface area contributed by atoms with Crippen LogP contribution in [-0.2, 0) is 22.7 Å². The third-order valence-corrected chi connectivity index (χ3v) is 7.42. The van der Waals surface area contributed by atoms with Crippen molar-refractivity contribution < 1.29 is 19.4 Å². The van der Waals surface area contributed by atoms with E-state index in [0.717, 1.165) is 29.2 Å². The standard InChI is InChI=1S/C23H33N7O4S2/c1-33-10-12-36-35-11-9-25-18(31)3-2-4-19(32)26-13-16-5-7-17(8-6-16)14-34-22-20-21(28-15-27-20)29-23(24)30-22/h5-8,15,19,26,32H,2-4,9-14H2,1H3,(H,25,31)(H3,24,27,28,29,30). The number of imidazole rings is 1. The van der Waals surface area contributed by atoms with Crippen LogP contribution in [0.4, 0.5) is 5.95 Å². The van der Waals surface area contributed by atoms with E-state index in [1.807, 2.05) is 24.3 Å². The molecule has 0 fully saturated rings. The topological polar surface area (TPSA) is 160 Å². The van der Waals surface area contributed by atoms with Gasteiger partial charge in [0.15, 0.2) is 5.65 Å². The van der Waals surface area contributed by atoms with Gasteiger partial charge in [0.2, 0.25) is 17.7 Å². The number of nitrogen functional groups attached to an aromatic ring is 1. The number of rotatable bonds is 17. The minimum absolute atomic E-state index is 0.0143. The third kappa shape index (κ3) is 9.82. The summed E-state index contributed by atoms with van der Waals surface area (Å²) in [4.78, 5) is 27.1. The number of carbonyl (C=O) groups excluding carboxylic acids is 1. The van der Waals surface area contributed by atoms with Crippen LogP contribution in [0.2, 0.25) is 0 Å². The van der Waals surface area contributed by atoms with Crippen molar-refractivity contribution in [1.82, 2.24) is 30.6 Å². The molecule has 0 aliphatic carbocycles. The quantitative estimate of drug-likeness (QED) is 0.0979. The monoisotopic (exact) mass is 535 g/mol. The number of H-pyrrole nitrogens is 1. The number of hydrogen-bond acceptors (Lipinski definition) is 11. The van der Waals surface area contributed by atoms with Gasteiger partial charge < -0.3 is 30.6 Å². The number of hydrogen-bond donors (Lipinski definition) is 5. The fourth-order valence-corrected chi connectivity index (χ4v) is 5.00. The Labute approximate surface area is 218 Å². The number of methoxy groups -OCH3 is 1.